The maximum atomic E-state index is 10.2. The van der Waals surface area contributed by atoms with E-state index in [4.69, 9.17) is 0 Å². The van der Waals surface area contributed by atoms with Crippen LogP contribution in [0.15, 0.2) is 41.9 Å². The summed E-state index contributed by atoms with van der Waals surface area (Å²) >= 11 is 1.63. The number of aromatic nitrogens is 1. The van der Waals surface area contributed by atoms with Crippen molar-refractivity contribution in [2.45, 2.75) is 38.5 Å². The summed E-state index contributed by atoms with van der Waals surface area (Å²) in [7, 11) is 0. The second kappa shape index (κ2) is 6.80. The molecule has 19 heavy (non-hydrogen) atoms. The van der Waals surface area contributed by atoms with Gasteiger partial charge in [0.2, 0.25) is 0 Å². The van der Waals surface area contributed by atoms with E-state index in [0.29, 0.717) is 6.42 Å². The average molecular weight is 276 g/mol. The Morgan fingerprint density at radius 3 is 2.63 bits per heavy atom. The fourth-order valence-electron chi connectivity index (χ4n) is 2.06. The van der Waals surface area contributed by atoms with E-state index in [1.807, 2.05) is 48.8 Å². The van der Waals surface area contributed by atoms with Gasteiger partial charge in [0.15, 0.2) is 0 Å². The van der Waals surface area contributed by atoms with Gasteiger partial charge in [-0.3, -0.25) is 0 Å². The van der Waals surface area contributed by atoms with Crippen molar-refractivity contribution in [3.05, 3.63) is 52.5 Å². The first kappa shape index (κ1) is 14.2. The number of aliphatic hydroxyl groups excluding tert-OH is 1. The summed E-state index contributed by atoms with van der Waals surface area (Å²) in [5.41, 5.74) is 1.16. The lowest BCUT2D eigenvalue weighted by Gasteiger charge is -2.23. The molecule has 2 aromatic rings. The molecule has 102 valence electrons. The van der Waals surface area contributed by atoms with Crippen LogP contribution in [-0.2, 0) is 6.42 Å². The van der Waals surface area contributed by atoms with E-state index in [9.17, 15) is 5.11 Å². The normalized spacial score (nSPS) is 15.9. The zero-order valence-electron chi connectivity index (χ0n) is 11.3. The molecule has 0 spiro atoms. The van der Waals surface area contributed by atoms with E-state index in [1.165, 1.54) is 0 Å². The molecule has 1 aromatic heterocycles. The van der Waals surface area contributed by atoms with Crippen LogP contribution in [0.25, 0.3) is 0 Å². The predicted molar refractivity (Wildman–Crippen MR) is 79.3 cm³/mol. The zero-order valence-corrected chi connectivity index (χ0v) is 12.1. The first-order valence-electron chi connectivity index (χ1n) is 6.54. The summed E-state index contributed by atoms with van der Waals surface area (Å²) in [5.74, 6) is 0. The first-order chi connectivity index (χ1) is 9.16. The number of thiazole rings is 1. The Morgan fingerprint density at radius 1 is 1.26 bits per heavy atom. The summed E-state index contributed by atoms with van der Waals surface area (Å²) in [4.78, 5) is 4.29. The molecule has 1 aromatic carbocycles. The Labute approximate surface area is 118 Å². The van der Waals surface area contributed by atoms with Crippen LogP contribution in [0.1, 0.15) is 30.5 Å². The Balaban J connectivity index is 1.87. The molecule has 0 fully saturated rings. The van der Waals surface area contributed by atoms with Crippen molar-refractivity contribution in [3.63, 3.8) is 0 Å². The number of hydrogen-bond acceptors (Lipinski definition) is 4. The summed E-state index contributed by atoms with van der Waals surface area (Å²) < 4.78 is 0. The smallest absolute Gasteiger partial charge is 0.109 e. The molecule has 4 heteroatoms. The molecule has 0 bridgehead atoms. The van der Waals surface area contributed by atoms with Gasteiger partial charge < -0.3 is 10.4 Å². The predicted octanol–water partition coefficient (Wildman–Crippen LogP) is 2.79. The van der Waals surface area contributed by atoms with E-state index >= 15 is 0 Å². The molecule has 0 aliphatic rings. The van der Waals surface area contributed by atoms with Crippen molar-refractivity contribution in [1.82, 2.24) is 10.3 Å². The lowest BCUT2D eigenvalue weighted by Crippen LogP contribution is -2.39. The highest BCUT2D eigenvalue weighted by Crippen LogP contribution is 2.16. The van der Waals surface area contributed by atoms with Gasteiger partial charge in [0, 0.05) is 17.6 Å². The maximum Gasteiger partial charge on any atom is 0.109 e. The molecule has 0 saturated carbocycles. The maximum absolute atomic E-state index is 10.2. The Hall–Kier alpha value is -1.23. The molecular weight excluding hydrogens is 256 g/mol. The van der Waals surface area contributed by atoms with Gasteiger partial charge in [-0.05, 0) is 25.8 Å². The van der Waals surface area contributed by atoms with Crippen LogP contribution in [0.5, 0.6) is 0 Å². The lowest BCUT2D eigenvalue weighted by molar-refractivity contribution is 0.129. The molecule has 2 N–H and O–H groups in total. The van der Waals surface area contributed by atoms with Gasteiger partial charge in [-0.2, -0.15) is 0 Å². The van der Waals surface area contributed by atoms with Crippen molar-refractivity contribution in [2.24, 2.45) is 0 Å². The Kier molecular flexibility index (Phi) is 5.07. The van der Waals surface area contributed by atoms with Crippen LogP contribution in [0.4, 0.5) is 0 Å². The summed E-state index contributed by atoms with van der Waals surface area (Å²) in [6.07, 6.45) is 2.08. The minimum absolute atomic E-state index is 0.0270. The highest BCUT2D eigenvalue weighted by atomic mass is 32.1. The largest absolute Gasteiger partial charge is 0.391 e. The fraction of sp³-hybridized carbons (Fsp3) is 0.400. The molecule has 3 unspecified atom stereocenters. The minimum atomic E-state index is -0.398. The molecule has 0 aliphatic carbocycles. The third-order valence-corrected chi connectivity index (χ3v) is 4.16. The summed E-state index contributed by atoms with van der Waals surface area (Å²) in [5, 5.41) is 16.7. The molecule has 0 saturated heterocycles. The number of aliphatic hydroxyl groups is 1. The van der Waals surface area contributed by atoms with Gasteiger partial charge in [-0.15, -0.1) is 11.3 Å². The van der Waals surface area contributed by atoms with Crippen molar-refractivity contribution in [1.29, 1.82) is 0 Å². The molecule has 1 heterocycles. The SMILES string of the molecule is CC(NC(C)C(O)Cc1ccccc1)c1nccs1. The van der Waals surface area contributed by atoms with Crippen molar-refractivity contribution in [2.75, 3.05) is 0 Å². The van der Waals surface area contributed by atoms with Gasteiger partial charge in [-0.1, -0.05) is 30.3 Å². The average Bonchev–Trinajstić information content (AvgIpc) is 2.93. The van der Waals surface area contributed by atoms with Crippen LogP contribution >= 0.6 is 11.3 Å². The van der Waals surface area contributed by atoms with Crippen LogP contribution in [0.2, 0.25) is 0 Å². The number of nitrogens with zero attached hydrogens (tertiary/aromatic N) is 1. The third-order valence-electron chi connectivity index (χ3n) is 3.20. The van der Waals surface area contributed by atoms with E-state index < -0.39 is 6.10 Å². The number of nitrogens with one attached hydrogen (secondary N) is 1. The van der Waals surface area contributed by atoms with Gasteiger partial charge in [-0.25, -0.2) is 4.98 Å². The lowest BCUT2D eigenvalue weighted by atomic mass is 10.0. The van der Waals surface area contributed by atoms with E-state index in [0.717, 1.165) is 10.6 Å². The van der Waals surface area contributed by atoms with Gasteiger partial charge in [0.05, 0.1) is 12.1 Å². The standard InChI is InChI=1S/C15H20N2OS/c1-11(17-12(2)15-16-8-9-19-15)14(18)10-13-6-4-3-5-7-13/h3-9,11-12,14,17-18H,10H2,1-2H3. The molecule has 3 nitrogen and oxygen atoms in total. The molecular formula is C15H20N2OS. The fourth-order valence-corrected chi connectivity index (χ4v) is 2.71. The van der Waals surface area contributed by atoms with Crippen molar-refractivity contribution >= 4 is 11.3 Å². The quantitative estimate of drug-likeness (QED) is 0.853. The third kappa shape index (κ3) is 4.13. The highest BCUT2D eigenvalue weighted by Gasteiger charge is 2.18. The highest BCUT2D eigenvalue weighted by molar-refractivity contribution is 7.09. The van der Waals surface area contributed by atoms with Crippen molar-refractivity contribution in [3.8, 4) is 0 Å². The second-order valence-corrected chi connectivity index (χ2v) is 5.73. The molecule has 0 aliphatic heterocycles. The molecule has 2 rings (SSSR count). The van der Waals surface area contributed by atoms with Crippen molar-refractivity contribution < 1.29 is 5.11 Å². The van der Waals surface area contributed by atoms with Gasteiger partial charge >= 0.3 is 0 Å². The van der Waals surface area contributed by atoms with Gasteiger partial charge in [0.1, 0.15) is 5.01 Å². The van der Waals surface area contributed by atoms with Crippen LogP contribution < -0.4 is 5.32 Å². The van der Waals surface area contributed by atoms with Crippen LogP contribution in [0, 0.1) is 0 Å². The van der Waals surface area contributed by atoms with Gasteiger partial charge in [0.25, 0.3) is 0 Å². The zero-order chi connectivity index (χ0) is 13.7. The monoisotopic (exact) mass is 276 g/mol. The van der Waals surface area contributed by atoms with Crippen LogP contribution in [0.3, 0.4) is 0 Å². The minimum Gasteiger partial charge on any atom is -0.391 e. The Morgan fingerprint density at radius 2 is 2.00 bits per heavy atom. The van der Waals surface area contributed by atoms with E-state index in [2.05, 4.69) is 17.2 Å². The first-order valence-corrected chi connectivity index (χ1v) is 7.42. The number of hydrogen-bond donors (Lipinski definition) is 2. The number of rotatable bonds is 6. The second-order valence-electron chi connectivity index (χ2n) is 4.80. The van der Waals surface area contributed by atoms with E-state index in [-0.39, 0.29) is 12.1 Å². The van der Waals surface area contributed by atoms with E-state index in [1.54, 1.807) is 11.3 Å². The van der Waals surface area contributed by atoms with Crippen LogP contribution in [-0.4, -0.2) is 22.2 Å². The summed E-state index contributed by atoms with van der Waals surface area (Å²) in [6.45, 7) is 4.09. The number of benzene rings is 1. The topological polar surface area (TPSA) is 45.1 Å². The molecule has 3 atom stereocenters. The summed E-state index contributed by atoms with van der Waals surface area (Å²) in [6, 6.07) is 10.3. The Bertz CT molecular complexity index is 472. The molecule has 0 amide bonds. The molecule has 0 radical (unpaired) electrons.